The Bertz CT molecular complexity index is 3530. The van der Waals surface area contributed by atoms with Crippen LogP contribution in [0.5, 0.6) is 0 Å². The predicted octanol–water partition coefficient (Wildman–Crippen LogP) is 15.7. The minimum absolute atomic E-state index is 0.625. The first-order chi connectivity index (χ1) is 29.2. The lowest BCUT2D eigenvalue weighted by Gasteiger charge is -2.26. The van der Waals surface area contributed by atoms with Crippen molar-refractivity contribution in [3.63, 3.8) is 0 Å². The van der Waals surface area contributed by atoms with Gasteiger partial charge in [-0.3, -0.25) is 0 Å². The molecule has 0 amide bonds. The number of hydrogen-bond donors (Lipinski definition) is 0. The van der Waals surface area contributed by atoms with Crippen molar-refractivity contribution >= 4 is 82.4 Å². The van der Waals surface area contributed by atoms with Crippen molar-refractivity contribution in [3.05, 3.63) is 206 Å². The van der Waals surface area contributed by atoms with Gasteiger partial charge in [-0.1, -0.05) is 133 Å². The SMILES string of the molecule is c1ccc(-c2ccc(N(c3ccc4c(ccc5ccc6ccc7nc(-c8ccccc8)oc7c6c54)c3)c3ccc4c(c3)oc3cc(-c5ccccc5)ccc34)cc2)cc1. The Labute approximate surface area is 339 Å². The quantitative estimate of drug-likeness (QED) is 0.159. The molecule has 0 N–H and O–H groups in total. The Kier molecular flexibility index (Phi) is 7.50. The highest BCUT2D eigenvalue weighted by Gasteiger charge is 2.19. The maximum Gasteiger partial charge on any atom is 0.227 e. The number of benzene rings is 10. The van der Waals surface area contributed by atoms with Crippen LogP contribution in [0.15, 0.2) is 215 Å². The van der Waals surface area contributed by atoms with E-state index in [2.05, 4.69) is 175 Å². The summed E-state index contributed by atoms with van der Waals surface area (Å²) in [4.78, 5) is 7.25. The van der Waals surface area contributed by atoms with E-state index in [0.717, 1.165) is 93.5 Å². The number of fused-ring (bicyclic) bond motifs is 10. The van der Waals surface area contributed by atoms with E-state index in [0.29, 0.717) is 5.89 Å². The first-order valence-corrected chi connectivity index (χ1v) is 19.9. The molecule has 2 heterocycles. The number of nitrogens with zero attached hydrogens (tertiary/aromatic N) is 2. The molecule has 276 valence electrons. The highest BCUT2D eigenvalue weighted by molar-refractivity contribution is 6.26. The van der Waals surface area contributed by atoms with Gasteiger partial charge in [-0.2, -0.15) is 0 Å². The molecule has 2 aromatic heterocycles. The molecule has 0 aliphatic rings. The lowest BCUT2D eigenvalue weighted by molar-refractivity contribution is 0.623. The minimum atomic E-state index is 0.625. The summed E-state index contributed by atoms with van der Waals surface area (Å²) >= 11 is 0. The average molecular weight is 755 g/mol. The van der Waals surface area contributed by atoms with E-state index >= 15 is 0 Å². The maximum atomic E-state index is 6.64. The largest absolute Gasteiger partial charge is 0.456 e. The normalized spacial score (nSPS) is 11.7. The zero-order valence-corrected chi connectivity index (χ0v) is 31.8. The van der Waals surface area contributed by atoms with Crippen LogP contribution in [-0.4, -0.2) is 4.98 Å². The summed E-state index contributed by atoms with van der Waals surface area (Å²) in [5.41, 5.74) is 12.1. The Morgan fingerprint density at radius 2 is 0.847 bits per heavy atom. The second kappa shape index (κ2) is 13.3. The number of oxazole rings is 1. The van der Waals surface area contributed by atoms with Gasteiger partial charge in [0.25, 0.3) is 0 Å². The van der Waals surface area contributed by atoms with Gasteiger partial charge in [-0.25, -0.2) is 4.98 Å². The number of hydrogen-bond acceptors (Lipinski definition) is 4. The van der Waals surface area contributed by atoms with Crippen LogP contribution in [0.3, 0.4) is 0 Å². The van der Waals surface area contributed by atoms with Crippen molar-refractivity contribution < 1.29 is 8.83 Å². The molecule has 12 rings (SSSR count). The Balaban J connectivity index is 1.03. The minimum Gasteiger partial charge on any atom is -0.456 e. The molecule has 4 nitrogen and oxygen atoms in total. The van der Waals surface area contributed by atoms with Gasteiger partial charge in [0.15, 0.2) is 5.58 Å². The van der Waals surface area contributed by atoms with Crippen molar-refractivity contribution in [3.8, 4) is 33.7 Å². The summed E-state index contributed by atoms with van der Waals surface area (Å²) < 4.78 is 13.2. The van der Waals surface area contributed by atoms with E-state index in [4.69, 9.17) is 13.8 Å². The molecule has 10 aromatic carbocycles. The highest BCUT2D eigenvalue weighted by Crippen LogP contribution is 2.43. The molecule has 0 saturated heterocycles. The molecule has 12 aromatic rings. The third-order valence-electron chi connectivity index (χ3n) is 11.7. The van der Waals surface area contributed by atoms with Gasteiger partial charge in [-0.15, -0.1) is 0 Å². The lowest BCUT2D eigenvalue weighted by Crippen LogP contribution is -2.09. The molecule has 0 bridgehead atoms. The molecule has 0 fully saturated rings. The Morgan fingerprint density at radius 3 is 1.56 bits per heavy atom. The van der Waals surface area contributed by atoms with E-state index in [-0.39, 0.29) is 0 Å². The number of aromatic nitrogens is 1. The second-order valence-corrected chi connectivity index (χ2v) is 15.1. The summed E-state index contributed by atoms with van der Waals surface area (Å²) in [7, 11) is 0. The molecule has 4 heteroatoms. The maximum absolute atomic E-state index is 6.64. The molecule has 0 spiro atoms. The van der Waals surface area contributed by atoms with Gasteiger partial charge in [0.1, 0.15) is 16.7 Å². The number of anilines is 3. The Morgan fingerprint density at radius 1 is 0.339 bits per heavy atom. The molecule has 0 aliphatic carbocycles. The summed E-state index contributed by atoms with van der Waals surface area (Å²) in [6.07, 6.45) is 0. The van der Waals surface area contributed by atoms with Gasteiger partial charge in [0.2, 0.25) is 5.89 Å². The third-order valence-corrected chi connectivity index (χ3v) is 11.7. The fourth-order valence-electron chi connectivity index (χ4n) is 8.77. The van der Waals surface area contributed by atoms with Crippen LogP contribution in [0.2, 0.25) is 0 Å². The second-order valence-electron chi connectivity index (χ2n) is 15.1. The van der Waals surface area contributed by atoms with Crippen LogP contribution in [-0.2, 0) is 0 Å². The van der Waals surface area contributed by atoms with Crippen LogP contribution in [0.4, 0.5) is 17.1 Å². The van der Waals surface area contributed by atoms with Crippen molar-refractivity contribution in [2.75, 3.05) is 4.90 Å². The molecule has 0 radical (unpaired) electrons. The number of rotatable bonds is 6. The monoisotopic (exact) mass is 754 g/mol. The Hall–Kier alpha value is -7.95. The fourth-order valence-corrected chi connectivity index (χ4v) is 8.77. The lowest BCUT2D eigenvalue weighted by atomic mass is 9.95. The fraction of sp³-hybridized carbons (Fsp3) is 0. The zero-order chi connectivity index (χ0) is 38.9. The highest BCUT2D eigenvalue weighted by atomic mass is 16.3. The van der Waals surface area contributed by atoms with E-state index in [1.165, 1.54) is 16.7 Å². The smallest absolute Gasteiger partial charge is 0.227 e. The van der Waals surface area contributed by atoms with Crippen molar-refractivity contribution in [2.45, 2.75) is 0 Å². The summed E-state index contributed by atoms with van der Waals surface area (Å²) in [5.74, 6) is 0.625. The van der Waals surface area contributed by atoms with Gasteiger partial charge in [0, 0.05) is 50.2 Å². The van der Waals surface area contributed by atoms with Gasteiger partial charge >= 0.3 is 0 Å². The van der Waals surface area contributed by atoms with E-state index in [1.54, 1.807) is 0 Å². The van der Waals surface area contributed by atoms with Gasteiger partial charge in [-0.05, 0) is 111 Å². The molecule has 0 saturated carbocycles. The summed E-state index contributed by atoms with van der Waals surface area (Å²) in [6.45, 7) is 0. The topological polar surface area (TPSA) is 42.4 Å². The molecule has 0 aliphatic heterocycles. The van der Waals surface area contributed by atoms with Gasteiger partial charge < -0.3 is 13.7 Å². The molecular formula is C55H34N2O2. The molecule has 59 heavy (non-hydrogen) atoms. The van der Waals surface area contributed by atoms with Gasteiger partial charge in [0.05, 0.1) is 0 Å². The van der Waals surface area contributed by atoms with Crippen molar-refractivity contribution in [1.29, 1.82) is 0 Å². The average Bonchev–Trinajstić information content (AvgIpc) is 3.91. The third kappa shape index (κ3) is 5.57. The van der Waals surface area contributed by atoms with Crippen molar-refractivity contribution in [1.82, 2.24) is 4.98 Å². The molecule has 0 unspecified atom stereocenters. The summed E-state index contributed by atoms with van der Waals surface area (Å²) in [5, 5.41) is 8.99. The van der Waals surface area contributed by atoms with E-state index in [1.807, 2.05) is 36.4 Å². The van der Waals surface area contributed by atoms with E-state index in [9.17, 15) is 0 Å². The van der Waals surface area contributed by atoms with Crippen LogP contribution in [0, 0.1) is 0 Å². The van der Waals surface area contributed by atoms with Crippen LogP contribution < -0.4 is 4.90 Å². The van der Waals surface area contributed by atoms with Crippen LogP contribution in [0.1, 0.15) is 0 Å². The van der Waals surface area contributed by atoms with Crippen LogP contribution in [0.25, 0.3) is 99.1 Å². The zero-order valence-electron chi connectivity index (χ0n) is 31.8. The molecular weight excluding hydrogens is 721 g/mol. The first-order valence-electron chi connectivity index (χ1n) is 19.9. The standard InChI is InChI=1S/C55H34N2O2/c1-4-10-35(11-5-1)37-20-24-43(25-21-37)57(45-27-30-48-47-28-22-41(36-12-6-2-7-13-36)33-50(47)58-51(48)34-45)44-26-29-46-42(32-44)19-18-38-16-17-39-23-31-49-54(53(39)52(38)46)59-55(56-49)40-14-8-3-9-15-40/h1-34H. The number of furan rings is 1. The molecule has 0 atom stereocenters. The van der Waals surface area contributed by atoms with Crippen LogP contribution >= 0.6 is 0 Å². The van der Waals surface area contributed by atoms with E-state index < -0.39 is 0 Å². The van der Waals surface area contributed by atoms with Crippen molar-refractivity contribution in [2.24, 2.45) is 0 Å². The summed E-state index contributed by atoms with van der Waals surface area (Å²) in [6, 6.07) is 72.8. The predicted molar refractivity (Wildman–Crippen MR) is 245 cm³/mol. The first kappa shape index (κ1) is 33.2.